The van der Waals surface area contributed by atoms with Gasteiger partial charge < -0.3 is 23.4 Å². The highest BCUT2D eigenvalue weighted by atomic mass is 16.7. The Bertz CT molecular complexity index is 1200. The maximum atomic E-state index is 12.5. The summed E-state index contributed by atoms with van der Waals surface area (Å²) in [5, 5.41) is 11.9. The molecule has 0 saturated carbocycles. The van der Waals surface area contributed by atoms with Crippen molar-refractivity contribution in [1.82, 2.24) is 0 Å². The molecule has 4 rings (SSSR count). The van der Waals surface area contributed by atoms with Crippen LogP contribution in [0.3, 0.4) is 0 Å². The minimum Gasteiger partial charge on any atom is -0.497 e. The second-order valence-electron chi connectivity index (χ2n) is 6.01. The van der Waals surface area contributed by atoms with Crippen molar-refractivity contribution in [2.24, 2.45) is 0 Å². The fourth-order valence-electron chi connectivity index (χ4n) is 2.92. The number of ether oxygens (including phenoxy) is 4. The maximum absolute atomic E-state index is 12.5. The molecule has 1 aliphatic heterocycles. The number of esters is 1. The molecule has 10 heteroatoms. The first-order valence-corrected chi connectivity index (χ1v) is 8.32. The van der Waals surface area contributed by atoms with Crippen LogP contribution in [-0.4, -0.2) is 24.8 Å². The zero-order chi connectivity index (χ0) is 20.5. The van der Waals surface area contributed by atoms with E-state index >= 15 is 0 Å². The molecule has 3 aromatic rings. The van der Waals surface area contributed by atoms with Gasteiger partial charge in [0.1, 0.15) is 23.5 Å². The fraction of sp³-hybridized carbons (Fsp3) is 0.158. The molecule has 0 amide bonds. The number of hydrogen-bond acceptors (Lipinski definition) is 9. The maximum Gasteiger partial charge on any atom is 0.345 e. The van der Waals surface area contributed by atoms with Crippen molar-refractivity contribution < 1.29 is 33.1 Å². The van der Waals surface area contributed by atoms with E-state index in [2.05, 4.69) is 0 Å². The Balaban J connectivity index is 1.64. The summed E-state index contributed by atoms with van der Waals surface area (Å²) >= 11 is 0. The summed E-state index contributed by atoms with van der Waals surface area (Å²) in [6.45, 7) is -0.390. The highest BCUT2D eigenvalue weighted by Crippen LogP contribution is 2.38. The minimum atomic E-state index is -0.940. The number of nitro benzene ring substituents is 1. The molecule has 0 radical (unpaired) electrons. The van der Waals surface area contributed by atoms with E-state index in [0.717, 1.165) is 6.07 Å². The Morgan fingerprint density at radius 2 is 1.93 bits per heavy atom. The predicted octanol–water partition coefficient (Wildman–Crippen LogP) is 2.80. The van der Waals surface area contributed by atoms with Gasteiger partial charge in [-0.15, -0.1) is 0 Å². The van der Waals surface area contributed by atoms with Crippen molar-refractivity contribution in [3.8, 4) is 17.2 Å². The lowest BCUT2D eigenvalue weighted by Gasteiger charge is -2.09. The largest absolute Gasteiger partial charge is 0.497 e. The van der Waals surface area contributed by atoms with Gasteiger partial charge >= 0.3 is 11.6 Å². The van der Waals surface area contributed by atoms with Crippen molar-refractivity contribution in [2.75, 3.05) is 13.9 Å². The standard InChI is InChI=1S/C19H13NO9/c1-25-11-2-3-12-10(4-18(21)29-15(12)5-11)8-26-19(22)13-6-16-17(28-9-27-16)7-14(13)20(23)24/h2-7H,8-9H2,1H3. The third-order valence-corrected chi connectivity index (χ3v) is 4.30. The van der Waals surface area contributed by atoms with Gasteiger partial charge in [-0.3, -0.25) is 10.1 Å². The zero-order valence-electron chi connectivity index (χ0n) is 15.0. The summed E-state index contributed by atoms with van der Waals surface area (Å²) in [7, 11) is 1.48. The summed E-state index contributed by atoms with van der Waals surface area (Å²) in [6, 6.07) is 8.35. The van der Waals surface area contributed by atoms with E-state index < -0.39 is 22.2 Å². The van der Waals surface area contributed by atoms with Gasteiger partial charge in [-0.1, -0.05) is 0 Å². The molecular weight excluding hydrogens is 386 g/mol. The molecule has 0 aliphatic carbocycles. The lowest BCUT2D eigenvalue weighted by molar-refractivity contribution is -0.385. The molecule has 0 spiro atoms. The summed E-state index contributed by atoms with van der Waals surface area (Å²) in [6.07, 6.45) is 0. The number of benzene rings is 2. The van der Waals surface area contributed by atoms with Gasteiger partial charge in [0.2, 0.25) is 6.79 Å². The van der Waals surface area contributed by atoms with Crippen molar-refractivity contribution in [3.05, 3.63) is 68.1 Å². The first-order valence-electron chi connectivity index (χ1n) is 8.32. The Morgan fingerprint density at radius 1 is 1.17 bits per heavy atom. The molecule has 29 heavy (non-hydrogen) atoms. The van der Waals surface area contributed by atoms with Crippen LogP contribution in [0.2, 0.25) is 0 Å². The summed E-state index contributed by atoms with van der Waals surface area (Å²) in [4.78, 5) is 34.9. The molecule has 0 N–H and O–H groups in total. The molecule has 0 bridgehead atoms. The van der Waals surface area contributed by atoms with Crippen LogP contribution in [0.5, 0.6) is 17.2 Å². The van der Waals surface area contributed by atoms with Crippen LogP contribution in [0.4, 0.5) is 5.69 Å². The van der Waals surface area contributed by atoms with Gasteiger partial charge in [-0.25, -0.2) is 9.59 Å². The fourth-order valence-corrected chi connectivity index (χ4v) is 2.92. The summed E-state index contributed by atoms with van der Waals surface area (Å²) in [5.41, 5.74) is -0.743. The number of rotatable bonds is 5. The molecule has 0 fully saturated rings. The highest BCUT2D eigenvalue weighted by molar-refractivity contribution is 5.95. The molecule has 1 aromatic heterocycles. The van der Waals surface area contributed by atoms with Crippen LogP contribution in [0, 0.1) is 10.1 Å². The molecule has 148 valence electrons. The second kappa shape index (κ2) is 7.15. The van der Waals surface area contributed by atoms with Gasteiger partial charge in [0.15, 0.2) is 11.5 Å². The van der Waals surface area contributed by atoms with Crippen LogP contribution in [-0.2, 0) is 11.3 Å². The van der Waals surface area contributed by atoms with Crippen LogP contribution in [0.15, 0.2) is 45.6 Å². The molecule has 2 heterocycles. The van der Waals surface area contributed by atoms with Crippen molar-refractivity contribution in [2.45, 2.75) is 6.61 Å². The number of fused-ring (bicyclic) bond motifs is 2. The topological polar surface area (TPSA) is 127 Å². The van der Waals surface area contributed by atoms with E-state index in [1.807, 2.05) is 0 Å². The Labute approximate surface area is 162 Å². The first kappa shape index (κ1) is 18.3. The van der Waals surface area contributed by atoms with Crippen LogP contribution in [0.25, 0.3) is 11.0 Å². The van der Waals surface area contributed by atoms with Crippen LogP contribution < -0.4 is 19.8 Å². The van der Waals surface area contributed by atoms with E-state index in [1.165, 1.54) is 25.3 Å². The van der Waals surface area contributed by atoms with E-state index in [-0.39, 0.29) is 36.0 Å². The monoisotopic (exact) mass is 399 g/mol. The summed E-state index contributed by atoms with van der Waals surface area (Å²) in [5.74, 6) is -0.0648. The lowest BCUT2D eigenvalue weighted by atomic mass is 10.1. The van der Waals surface area contributed by atoms with Crippen LogP contribution in [0.1, 0.15) is 15.9 Å². The average molecular weight is 399 g/mol. The van der Waals surface area contributed by atoms with Crippen molar-refractivity contribution >= 4 is 22.6 Å². The predicted molar refractivity (Wildman–Crippen MR) is 97.4 cm³/mol. The van der Waals surface area contributed by atoms with Gasteiger partial charge in [-0.2, -0.15) is 0 Å². The molecule has 1 aliphatic rings. The Morgan fingerprint density at radius 3 is 2.66 bits per heavy atom. The quantitative estimate of drug-likeness (QED) is 0.275. The number of carbonyl (C=O) groups is 1. The van der Waals surface area contributed by atoms with Crippen molar-refractivity contribution in [3.63, 3.8) is 0 Å². The highest BCUT2D eigenvalue weighted by Gasteiger charge is 2.28. The summed E-state index contributed by atoms with van der Waals surface area (Å²) < 4.78 is 25.7. The molecule has 0 atom stereocenters. The third-order valence-electron chi connectivity index (χ3n) is 4.30. The van der Waals surface area contributed by atoms with E-state index in [9.17, 15) is 19.7 Å². The number of carbonyl (C=O) groups excluding carboxylic acids is 1. The first-order chi connectivity index (χ1) is 14.0. The van der Waals surface area contributed by atoms with Crippen molar-refractivity contribution in [1.29, 1.82) is 0 Å². The van der Waals surface area contributed by atoms with E-state index in [4.69, 9.17) is 23.4 Å². The van der Waals surface area contributed by atoms with Gasteiger partial charge in [0.25, 0.3) is 5.69 Å². The molecule has 10 nitrogen and oxygen atoms in total. The molecule has 2 aromatic carbocycles. The number of hydrogen-bond donors (Lipinski definition) is 0. The Kier molecular flexibility index (Phi) is 4.51. The Hall–Kier alpha value is -4.08. The molecular formula is C19H13NO9. The molecule has 0 unspecified atom stereocenters. The van der Waals surface area contributed by atoms with Gasteiger partial charge in [-0.05, 0) is 12.1 Å². The van der Waals surface area contributed by atoms with E-state index in [0.29, 0.717) is 16.7 Å². The molecule has 0 saturated heterocycles. The number of methoxy groups -OCH3 is 1. The lowest BCUT2D eigenvalue weighted by Crippen LogP contribution is -2.10. The third kappa shape index (κ3) is 3.43. The van der Waals surface area contributed by atoms with Crippen LogP contribution >= 0.6 is 0 Å². The second-order valence-corrected chi connectivity index (χ2v) is 6.01. The van der Waals surface area contributed by atoms with Gasteiger partial charge in [0, 0.05) is 29.1 Å². The normalized spacial score (nSPS) is 12.0. The number of nitrogens with zero attached hydrogens (tertiary/aromatic N) is 1. The zero-order valence-corrected chi connectivity index (χ0v) is 15.0. The van der Waals surface area contributed by atoms with Gasteiger partial charge in [0.05, 0.1) is 18.1 Å². The SMILES string of the molecule is COc1ccc2c(COC(=O)c3cc4c(cc3[N+](=O)[O-])OCO4)cc(=O)oc2c1. The van der Waals surface area contributed by atoms with E-state index in [1.54, 1.807) is 12.1 Å². The average Bonchev–Trinajstić information content (AvgIpc) is 3.17. The minimum absolute atomic E-state index is 0.0970. The smallest absolute Gasteiger partial charge is 0.345 e. The number of nitro groups is 1.